The van der Waals surface area contributed by atoms with Crippen LogP contribution in [0.2, 0.25) is 5.02 Å². The SMILES string of the molecule is CN(CCc1ccccc1)C(CN)c1cc(Br)ccc1Cl. The zero-order valence-electron chi connectivity index (χ0n) is 12.1. The lowest BCUT2D eigenvalue weighted by Crippen LogP contribution is -2.32. The Bertz CT molecular complexity index is 574. The molecule has 21 heavy (non-hydrogen) atoms. The van der Waals surface area contributed by atoms with Gasteiger partial charge in [-0.15, -0.1) is 0 Å². The minimum atomic E-state index is 0.124. The van der Waals surface area contributed by atoms with Gasteiger partial charge in [-0.1, -0.05) is 57.9 Å². The van der Waals surface area contributed by atoms with Crippen molar-refractivity contribution in [3.8, 4) is 0 Å². The maximum atomic E-state index is 6.33. The Labute approximate surface area is 140 Å². The van der Waals surface area contributed by atoms with E-state index in [9.17, 15) is 0 Å². The highest BCUT2D eigenvalue weighted by atomic mass is 79.9. The van der Waals surface area contributed by atoms with Gasteiger partial charge in [0.25, 0.3) is 0 Å². The molecule has 0 radical (unpaired) electrons. The van der Waals surface area contributed by atoms with Crippen molar-refractivity contribution in [3.63, 3.8) is 0 Å². The first-order valence-electron chi connectivity index (χ1n) is 7.01. The first-order chi connectivity index (χ1) is 10.1. The molecule has 0 heterocycles. The van der Waals surface area contributed by atoms with Crippen LogP contribution >= 0.6 is 27.5 Å². The third kappa shape index (κ3) is 4.55. The molecular weight excluding hydrogens is 348 g/mol. The maximum absolute atomic E-state index is 6.33. The summed E-state index contributed by atoms with van der Waals surface area (Å²) in [6, 6.07) is 16.5. The molecule has 0 saturated heterocycles. The summed E-state index contributed by atoms with van der Waals surface area (Å²) >= 11 is 9.83. The molecule has 0 amide bonds. The molecule has 1 atom stereocenters. The third-order valence-corrected chi connectivity index (χ3v) is 4.51. The molecule has 2 aromatic rings. The zero-order chi connectivity index (χ0) is 15.2. The number of halogens is 2. The average molecular weight is 368 g/mol. The lowest BCUT2D eigenvalue weighted by Gasteiger charge is -2.28. The number of hydrogen-bond acceptors (Lipinski definition) is 2. The first kappa shape index (κ1) is 16.5. The molecule has 4 heteroatoms. The van der Waals surface area contributed by atoms with E-state index in [1.807, 2.05) is 18.2 Å². The van der Waals surface area contributed by atoms with Crippen molar-refractivity contribution in [2.45, 2.75) is 12.5 Å². The van der Waals surface area contributed by atoms with E-state index >= 15 is 0 Å². The standard InChI is InChI=1S/C17H20BrClN2/c1-21(10-9-13-5-3-2-4-6-13)17(12-20)15-11-14(18)7-8-16(15)19/h2-8,11,17H,9-10,12,20H2,1H3. The van der Waals surface area contributed by atoms with Crippen LogP contribution in [0.4, 0.5) is 0 Å². The predicted octanol–water partition coefficient (Wildman–Crippen LogP) is 4.28. The van der Waals surface area contributed by atoms with Crippen LogP contribution in [0.25, 0.3) is 0 Å². The highest BCUT2D eigenvalue weighted by Crippen LogP contribution is 2.29. The maximum Gasteiger partial charge on any atom is 0.0482 e. The van der Waals surface area contributed by atoms with E-state index in [4.69, 9.17) is 17.3 Å². The van der Waals surface area contributed by atoms with Gasteiger partial charge in [0, 0.05) is 28.6 Å². The van der Waals surface area contributed by atoms with Crippen molar-refractivity contribution >= 4 is 27.5 Å². The van der Waals surface area contributed by atoms with E-state index in [1.54, 1.807) is 0 Å². The Hall–Kier alpha value is -0.870. The van der Waals surface area contributed by atoms with E-state index in [2.05, 4.69) is 58.2 Å². The molecule has 112 valence electrons. The molecule has 0 aliphatic heterocycles. The van der Waals surface area contributed by atoms with Gasteiger partial charge < -0.3 is 5.73 Å². The van der Waals surface area contributed by atoms with E-state index in [-0.39, 0.29) is 6.04 Å². The second-order valence-electron chi connectivity index (χ2n) is 5.13. The summed E-state index contributed by atoms with van der Waals surface area (Å²) < 4.78 is 1.02. The summed E-state index contributed by atoms with van der Waals surface area (Å²) in [5.74, 6) is 0. The average Bonchev–Trinajstić information content (AvgIpc) is 2.50. The van der Waals surface area contributed by atoms with Gasteiger partial charge >= 0.3 is 0 Å². The molecule has 0 aromatic heterocycles. The van der Waals surface area contributed by atoms with Gasteiger partial charge in [0.15, 0.2) is 0 Å². The molecule has 0 bridgehead atoms. The van der Waals surface area contributed by atoms with Crippen molar-refractivity contribution in [3.05, 3.63) is 69.2 Å². The van der Waals surface area contributed by atoms with Gasteiger partial charge in [0.1, 0.15) is 0 Å². The van der Waals surface area contributed by atoms with Crippen molar-refractivity contribution in [1.29, 1.82) is 0 Å². The normalized spacial score (nSPS) is 12.6. The lowest BCUT2D eigenvalue weighted by atomic mass is 10.0. The molecular formula is C17H20BrClN2. The summed E-state index contributed by atoms with van der Waals surface area (Å²) in [4.78, 5) is 2.26. The minimum absolute atomic E-state index is 0.124. The minimum Gasteiger partial charge on any atom is -0.329 e. The Balaban J connectivity index is 2.08. The molecule has 2 aromatic carbocycles. The second-order valence-corrected chi connectivity index (χ2v) is 6.46. The fourth-order valence-corrected chi connectivity index (χ4v) is 3.04. The van der Waals surface area contributed by atoms with Crippen LogP contribution in [0, 0.1) is 0 Å². The number of likely N-dealkylation sites (N-methyl/N-ethyl adjacent to an activating group) is 1. The molecule has 2 nitrogen and oxygen atoms in total. The van der Waals surface area contributed by atoms with Crippen LogP contribution in [-0.4, -0.2) is 25.0 Å². The predicted molar refractivity (Wildman–Crippen MR) is 93.7 cm³/mol. The monoisotopic (exact) mass is 366 g/mol. The van der Waals surface area contributed by atoms with E-state index < -0.39 is 0 Å². The smallest absolute Gasteiger partial charge is 0.0482 e. The lowest BCUT2D eigenvalue weighted by molar-refractivity contribution is 0.253. The third-order valence-electron chi connectivity index (χ3n) is 3.67. The van der Waals surface area contributed by atoms with Crippen LogP contribution in [0.1, 0.15) is 17.2 Å². The van der Waals surface area contributed by atoms with Gasteiger partial charge in [-0.2, -0.15) is 0 Å². The topological polar surface area (TPSA) is 29.3 Å². The molecule has 1 unspecified atom stereocenters. The first-order valence-corrected chi connectivity index (χ1v) is 8.18. The largest absolute Gasteiger partial charge is 0.329 e. The quantitative estimate of drug-likeness (QED) is 0.826. The Morgan fingerprint density at radius 2 is 1.90 bits per heavy atom. The van der Waals surface area contributed by atoms with Crippen molar-refractivity contribution in [2.75, 3.05) is 20.1 Å². The number of nitrogens with zero attached hydrogens (tertiary/aromatic N) is 1. The van der Waals surface area contributed by atoms with Crippen LogP contribution in [0.3, 0.4) is 0 Å². The molecule has 0 spiro atoms. The summed E-state index contributed by atoms with van der Waals surface area (Å²) in [6.07, 6.45) is 0.999. The van der Waals surface area contributed by atoms with Crippen LogP contribution < -0.4 is 5.73 Å². The number of rotatable bonds is 6. The molecule has 0 aliphatic rings. The highest BCUT2D eigenvalue weighted by molar-refractivity contribution is 9.10. The van der Waals surface area contributed by atoms with Crippen LogP contribution in [0.15, 0.2) is 53.0 Å². The van der Waals surface area contributed by atoms with E-state index in [0.717, 1.165) is 28.0 Å². The van der Waals surface area contributed by atoms with Gasteiger partial charge in [-0.3, -0.25) is 4.90 Å². The highest BCUT2D eigenvalue weighted by Gasteiger charge is 2.18. The second kappa shape index (κ2) is 7.95. The van der Waals surface area contributed by atoms with Gasteiger partial charge in [-0.05, 0) is 42.8 Å². The van der Waals surface area contributed by atoms with Gasteiger partial charge in [0.05, 0.1) is 0 Å². The number of benzene rings is 2. The molecule has 0 aliphatic carbocycles. The summed E-state index contributed by atoms with van der Waals surface area (Å²) in [5, 5.41) is 0.764. The number of hydrogen-bond donors (Lipinski definition) is 1. The fourth-order valence-electron chi connectivity index (χ4n) is 2.42. The van der Waals surface area contributed by atoms with Gasteiger partial charge in [-0.25, -0.2) is 0 Å². The summed E-state index contributed by atoms with van der Waals surface area (Å²) in [7, 11) is 2.09. The molecule has 2 rings (SSSR count). The van der Waals surface area contributed by atoms with Crippen molar-refractivity contribution < 1.29 is 0 Å². The summed E-state index contributed by atoms with van der Waals surface area (Å²) in [5.41, 5.74) is 8.39. The Kier molecular flexibility index (Phi) is 6.24. The van der Waals surface area contributed by atoms with E-state index in [0.29, 0.717) is 6.54 Å². The number of nitrogens with two attached hydrogens (primary N) is 1. The fraction of sp³-hybridized carbons (Fsp3) is 0.294. The van der Waals surface area contributed by atoms with Crippen LogP contribution in [0.5, 0.6) is 0 Å². The Morgan fingerprint density at radius 3 is 2.57 bits per heavy atom. The molecule has 2 N–H and O–H groups in total. The summed E-state index contributed by atoms with van der Waals surface area (Å²) in [6.45, 7) is 1.48. The van der Waals surface area contributed by atoms with Gasteiger partial charge in [0.2, 0.25) is 0 Å². The van der Waals surface area contributed by atoms with Crippen LogP contribution in [-0.2, 0) is 6.42 Å². The van der Waals surface area contributed by atoms with E-state index in [1.165, 1.54) is 5.56 Å². The molecule has 0 fully saturated rings. The van der Waals surface area contributed by atoms with Crippen molar-refractivity contribution in [1.82, 2.24) is 4.90 Å². The van der Waals surface area contributed by atoms with Crippen molar-refractivity contribution in [2.24, 2.45) is 5.73 Å². The Morgan fingerprint density at radius 1 is 1.19 bits per heavy atom. The molecule has 0 saturated carbocycles. The zero-order valence-corrected chi connectivity index (χ0v) is 14.4.